The second-order valence-corrected chi connectivity index (χ2v) is 3.63. The highest BCUT2D eigenvalue weighted by Crippen LogP contribution is 2.21. The fraction of sp³-hybridized carbons (Fsp3) is 0.364. The lowest BCUT2D eigenvalue weighted by atomic mass is 10.1. The molecule has 0 N–H and O–H groups in total. The van der Waals surface area contributed by atoms with Gasteiger partial charge >= 0.3 is 0 Å². The van der Waals surface area contributed by atoms with Crippen LogP contribution in [0.25, 0.3) is 0 Å². The van der Waals surface area contributed by atoms with Crippen molar-refractivity contribution in [3.63, 3.8) is 0 Å². The van der Waals surface area contributed by atoms with Gasteiger partial charge in [-0.05, 0) is 31.4 Å². The fourth-order valence-electron chi connectivity index (χ4n) is 1.21. The molecule has 13 heavy (non-hydrogen) atoms. The Morgan fingerprint density at radius 1 is 1.46 bits per heavy atom. The quantitative estimate of drug-likeness (QED) is 0.726. The van der Waals surface area contributed by atoms with Gasteiger partial charge in [0.05, 0.1) is 0 Å². The van der Waals surface area contributed by atoms with Crippen molar-refractivity contribution >= 4 is 17.4 Å². The summed E-state index contributed by atoms with van der Waals surface area (Å²) in [7, 11) is 0. The Morgan fingerprint density at radius 3 is 2.77 bits per heavy atom. The summed E-state index contributed by atoms with van der Waals surface area (Å²) in [5.41, 5.74) is 2.14. The van der Waals surface area contributed by atoms with E-state index < -0.39 is 0 Å². The largest absolute Gasteiger partial charge is 0.300 e. The number of rotatable bonds is 3. The van der Waals surface area contributed by atoms with Crippen LogP contribution in [0.3, 0.4) is 0 Å². The van der Waals surface area contributed by atoms with E-state index in [0.717, 1.165) is 22.6 Å². The zero-order valence-corrected chi connectivity index (χ0v) is 8.69. The highest BCUT2D eigenvalue weighted by molar-refractivity contribution is 6.32. The van der Waals surface area contributed by atoms with Crippen molar-refractivity contribution in [2.24, 2.45) is 0 Å². The van der Waals surface area contributed by atoms with E-state index in [0.29, 0.717) is 6.42 Å². The molecule has 1 rings (SSSR count). The van der Waals surface area contributed by atoms with Gasteiger partial charge in [-0.3, -0.25) is 0 Å². The van der Waals surface area contributed by atoms with Gasteiger partial charge in [-0.15, -0.1) is 0 Å². The molecule has 0 saturated heterocycles. The summed E-state index contributed by atoms with van der Waals surface area (Å²) in [6.07, 6.45) is 1.32. The third kappa shape index (κ3) is 2.85. The summed E-state index contributed by atoms with van der Waals surface area (Å²) >= 11 is 6.07. The first kappa shape index (κ1) is 10.3. The maximum Gasteiger partial charge on any atom is 0.130 e. The molecule has 0 fully saturated rings. The lowest BCUT2D eigenvalue weighted by Crippen LogP contribution is -1.95. The minimum absolute atomic E-state index is 0.206. The monoisotopic (exact) mass is 196 g/mol. The van der Waals surface area contributed by atoms with E-state index in [1.54, 1.807) is 6.92 Å². The highest BCUT2D eigenvalue weighted by Gasteiger charge is 2.03. The smallest absolute Gasteiger partial charge is 0.130 e. The molecule has 0 bridgehead atoms. The van der Waals surface area contributed by atoms with Gasteiger partial charge in [-0.1, -0.05) is 29.8 Å². The zero-order chi connectivity index (χ0) is 9.84. The standard InChI is InChI=1S/C11H13ClO/c1-8-4-3-5-10(11(8)12)7-6-9(2)13/h3-5H,6-7H2,1-2H3. The maximum atomic E-state index is 10.8. The first-order valence-electron chi connectivity index (χ1n) is 4.34. The van der Waals surface area contributed by atoms with Crippen molar-refractivity contribution in [1.29, 1.82) is 0 Å². The van der Waals surface area contributed by atoms with Crippen LogP contribution < -0.4 is 0 Å². The van der Waals surface area contributed by atoms with Crippen LogP contribution in [0.5, 0.6) is 0 Å². The van der Waals surface area contributed by atoms with E-state index in [1.807, 2.05) is 25.1 Å². The van der Waals surface area contributed by atoms with Gasteiger partial charge in [-0.2, -0.15) is 0 Å². The van der Waals surface area contributed by atoms with Crippen molar-refractivity contribution in [3.8, 4) is 0 Å². The molecule has 0 aliphatic carbocycles. The molecule has 70 valence electrons. The molecule has 0 aliphatic heterocycles. The van der Waals surface area contributed by atoms with E-state index >= 15 is 0 Å². The topological polar surface area (TPSA) is 17.1 Å². The van der Waals surface area contributed by atoms with E-state index in [2.05, 4.69) is 0 Å². The predicted molar refractivity (Wildman–Crippen MR) is 55.2 cm³/mol. The predicted octanol–water partition coefficient (Wildman–Crippen LogP) is 3.17. The van der Waals surface area contributed by atoms with Crippen LogP contribution in [-0.4, -0.2) is 5.78 Å². The lowest BCUT2D eigenvalue weighted by Gasteiger charge is -2.04. The van der Waals surface area contributed by atoms with Crippen LogP contribution in [0.1, 0.15) is 24.5 Å². The Hall–Kier alpha value is -0.820. The third-order valence-electron chi connectivity index (χ3n) is 2.02. The van der Waals surface area contributed by atoms with Gasteiger partial charge in [-0.25, -0.2) is 0 Å². The molecule has 1 aromatic rings. The summed E-state index contributed by atoms with van der Waals surface area (Å²) < 4.78 is 0. The van der Waals surface area contributed by atoms with E-state index in [-0.39, 0.29) is 5.78 Å². The maximum absolute atomic E-state index is 10.8. The Morgan fingerprint density at radius 2 is 2.15 bits per heavy atom. The molecule has 0 unspecified atom stereocenters. The lowest BCUT2D eigenvalue weighted by molar-refractivity contribution is -0.116. The summed E-state index contributed by atoms with van der Waals surface area (Å²) in [5, 5.41) is 0.795. The normalized spacial score (nSPS) is 10.1. The number of hydrogen-bond acceptors (Lipinski definition) is 1. The summed E-state index contributed by atoms with van der Waals surface area (Å²) in [5.74, 6) is 0.206. The van der Waals surface area contributed by atoms with Crippen LogP contribution in [0.4, 0.5) is 0 Å². The molecule has 2 heteroatoms. The fourth-order valence-corrected chi connectivity index (χ4v) is 1.43. The first-order valence-corrected chi connectivity index (χ1v) is 4.72. The number of Topliss-reactive ketones (excluding diaryl/α,β-unsaturated/α-hetero) is 1. The second-order valence-electron chi connectivity index (χ2n) is 3.25. The molecule has 0 saturated carbocycles. The van der Waals surface area contributed by atoms with Crippen molar-refractivity contribution in [2.45, 2.75) is 26.7 Å². The van der Waals surface area contributed by atoms with Crippen LogP contribution in [0, 0.1) is 6.92 Å². The van der Waals surface area contributed by atoms with Crippen LogP contribution in [0.2, 0.25) is 5.02 Å². The Labute approximate surface area is 83.7 Å². The number of carbonyl (C=O) groups is 1. The average Bonchev–Trinajstić information content (AvgIpc) is 2.07. The molecule has 0 aromatic heterocycles. The molecule has 1 nitrogen and oxygen atoms in total. The zero-order valence-electron chi connectivity index (χ0n) is 7.93. The molecular formula is C11H13ClO. The second kappa shape index (κ2) is 4.43. The highest BCUT2D eigenvalue weighted by atomic mass is 35.5. The number of ketones is 1. The van der Waals surface area contributed by atoms with Gasteiger partial charge in [0.1, 0.15) is 5.78 Å². The van der Waals surface area contributed by atoms with Gasteiger partial charge in [0, 0.05) is 11.4 Å². The van der Waals surface area contributed by atoms with Gasteiger partial charge in [0.2, 0.25) is 0 Å². The van der Waals surface area contributed by atoms with Gasteiger partial charge in [0.15, 0.2) is 0 Å². The number of carbonyl (C=O) groups excluding carboxylic acids is 1. The molecule has 0 radical (unpaired) electrons. The van der Waals surface area contributed by atoms with Gasteiger partial charge in [0.25, 0.3) is 0 Å². The van der Waals surface area contributed by atoms with Crippen molar-refractivity contribution < 1.29 is 4.79 Å². The number of aryl methyl sites for hydroxylation is 2. The molecular weight excluding hydrogens is 184 g/mol. The molecule has 0 amide bonds. The van der Waals surface area contributed by atoms with Crippen molar-refractivity contribution in [2.75, 3.05) is 0 Å². The Kier molecular flexibility index (Phi) is 3.49. The number of benzene rings is 1. The molecule has 0 heterocycles. The van der Waals surface area contributed by atoms with Crippen LogP contribution >= 0.6 is 11.6 Å². The van der Waals surface area contributed by atoms with Gasteiger partial charge < -0.3 is 4.79 Å². The first-order chi connectivity index (χ1) is 6.11. The van der Waals surface area contributed by atoms with Crippen LogP contribution in [-0.2, 0) is 11.2 Å². The summed E-state index contributed by atoms with van der Waals surface area (Å²) in [4.78, 5) is 10.8. The molecule has 0 atom stereocenters. The summed E-state index contributed by atoms with van der Waals surface area (Å²) in [6, 6.07) is 5.91. The number of halogens is 1. The number of hydrogen-bond donors (Lipinski definition) is 0. The summed E-state index contributed by atoms with van der Waals surface area (Å²) in [6.45, 7) is 3.57. The van der Waals surface area contributed by atoms with Crippen molar-refractivity contribution in [1.82, 2.24) is 0 Å². The SMILES string of the molecule is CC(=O)CCc1cccc(C)c1Cl. The molecule has 0 spiro atoms. The molecule has 1 aromatic carbocycles. The van der Waals surface area contributed by atoms with E-state index in [9.17, 15) is 4.79 Å². The third-order valence-corrected chi connectivity index (χ3v) is 2.56. The Bertz CT molecular complexity index is 318. The minimum Gasteiger partial charge on any atom is -0.300 e. The Balaban J connectivity index is 2.77. The van der Waals surface area contributed by atoms with E-state index in [1.165, 1.54) is 0 Å². The average molecular weight is 197 g/mol. The van der Waals surface area contributed by atoms with Crippen LogP contribution in [0.15, 0.2) is 18.2 Å². The minimum atomic E-state index is 0.206. The molecule has 0 aliphatic rings. The van der Waals surface area contributed by atoms with Crippen molar-refractivity contribution in [3.05, 3.63) is 34.3 Å². The van der Waals surface area contributed by atoms with E-state index in [4.69, 9.17) is 11.6 Å².